The largest absolute Gasteiger partial charge is 0.451 e. The molecule has 0 spiro atoms. The molecule has 0 saturated carbocycles. The van der Waals surface area contributed by atoms with Crippen LogP contribution in [0, 0.1) is 0 Å². The summed E-state index contributed by atoms with van der Waals surface area (Å²) in [5.74, 6) is -1.40. The Labute approximate surface area is 171 Å². The highest BCUT2D eigenvalue weighted by molar-refractivity contribution is 6.31. The molecule has 5 rings (SSSR count). The molecule has 0 heterocycles. The van der Waals surface area contributed by atoms with Gasteiger partial charge in [0.05, 0.1) is 0 Å². The van der Waals surface area contributed by atoms with Crippen LogP contribution in [-0.4, -0.2) is 11.0 Å². The van der Waals surface area contributed by atoms with Crippen LogP contribution in [0.15, 0.2) is 84.9 Å². The van der Waals surface area contributed by atoms with E-state index in [1.165, 1.54) is 0 Å². The SMILES string of the molecule is O=C1c2ccccc2C(OO)(Oc2cccc3ccccc23)c2ccc(Cl)cc21. The van der Waals surface area contributed by atoms with Crippen molar-refractivity contribution in [2.45, 2.75) is 5.79 Å². The standard InChI is InChI=1S/C24H15ClO4/c25-16-12-13-21-19(14-16)23(26)18-9-3-4-10-20(18)24(21,29-27)28-22-11-5-7-15-6-1-2-8-17(15)22/h1-14,27H. The first kappa shape index (κ1) is 17.9. The lowest BCUT2D eigenvalue weighted by Gasteiger charge is -2.37. The van der Waals surface area contributed by atoms with Gasteiger partial charge in [-0.3, -0.25) is 4.79 Å². The third kappa shape index (κ3) is 2.65. The molecule has 4 nitrogen and oxygen atoms in total. The van der Waals surface area contributed by atoms with Crippen molar-refractivity contribution in [3.05, 3.63) is 112 Å². The Balaban J connectivity index is 1.80. The number of rotatable bonds is 3. The minimum absolute atomic E-state index is 0.202. The molecule has 0 bridgehead atoms. The van der Waals surface area contributed by atoms with E-state index in [0.717, 1.165) is 10.8 Å². The number of carbonyl (C=O) groups excluding carboxylic acids is 1. The van der Waals surface area contributed by atoms with Gasteiger partial charge in [-0.25, -0.2) is 5.26 Å². The van der Waals surface area contributed by atoms with Crippen LogP contribution in [0.4, 0.5) is 0 Å². The first-order chi connectivity index (χ1) is 14.1. The molecule has 5 heteroatoms. The Kier molecular flexibility index (Phi) is 4.14. The van der Waals surface area contributed by atoms with E-state index in [-0.39, 0.29) is 5.78 Å². The number of hydrogen-bond donors (Lipinski definition) is 1. The summed E-state index contributed by atoms with van der Waals surface area (Å²) in [4.78, 5) is 18.1. The molecule has 0 aromatic heterocycles. The zero-order chi connectivity index (χ0) is 20.0. The second kappa shape index (κ2) is 6.71. The average molecular weight is 403 g/mol. The lowest BCUT2D eigenvalue weighted by atomic mass is 9.80. The second-order valence-electron chi connectivity index (χ2n) is 6.85. The minimum atomic E-state index is -1.71. The van der Waals surface area contributed by atoms with E-state index in [2.05, 4.69) is 0 Å². The van der Waals surface area contributed by atoms with Crippen LogP contribution in [-0.2, 0) is 10.7 Å². The summed E-state index contributed by atoms with van der Waals surface area (Å²) in [6.45, 7) is 0. The van der Waals surface area contributed by atoms with Crippen molar-refractivity contribution in [1.82, 2.24) is 0 Å². The first-order valence-electron chi connectivity index (χ1n) is 9.07. The fourth-order valence-electron chi connectivity index (χ4n) is 3.92. The highest BCUT2D eigenvalue weighted by Gasteiger charge is 2.48. The monoisotopic (exact) mass is 402 g/mol. The van der Waals surface area contributed by atoms with Gasteiger partial charge in [0.1, 0.15) is 5.75 Å². The summed E-state index contributed by atoms with van der Waals surface area (Å²) < 4.78 is 6.38. The molecule has 0 amide bonds. The predicted molar refractivity (Wildman–Crippen MR) is 110 cm³/mol. The van der Waals surface area contributed by atoms with Gasteiger partial charge in [0.25, 0.3) is 5.79 Å². The fraction of sp³-hybridized carbons (Fsp3) is 0.0417. The molecular weight excluding hydrogens is 388 g/mol. The normalized spacial score (nSPS) is 17.7. The number of ether oxygens (including phenoxy) is 1. The maximum Gasteiger partial charge on any atom is 0.294 e. The van der Waals surface area contributed by atoms with Crippen molar-refractivity contribution in [3.8, 4) is 5.75 Å². The summed E-state index contributed by atoms with van der Waals surface area (Å²) in [6.07, 6.45) is 0. The Hall–Kier alpha value is -3.18. The maximum atomic E-state index is 13.1. The van der Waals surface area contributed by atoms with Crippen molar-refractivity contribution in [2.24, 2.45) is 0 Å². The highest BCUT2D eigenvalue weighted by Crippen LogP contribution is 2.45. The van der Waals surface area contributed by atoms with Gasteiger partial charge < -0.3 is 4.74 Å². The summed E-state index contributed by atoms with van der Waals surface area (Å²) >= 11 is 6.15. The molecule has 1 N–H and O–H groups in total. The smallest absolute Gasteiger partial charge is 0.294 e. The minimum Gasteiger partial charge on any atom is -0.451 e. The molecular formula is C24H15ClO4. The van der Waals surface area contributed by atoms with E-state index in [9.17, 15) is 10.1 Å². The van der Waals surface area contributed by atoms with Gasteiger partial charge in [-0.05, 0) is 29.7 Å². The molecule has 1 atom stereocenters. The van der Waals surface area contributed by atoms with Gasteiger partial charge in [0.2, 0.25) is 0 Å². The molecule has 0 aliphatic heterocycles. The molecule has 0 radical (unpaired) electrons. The topological polar surface area (TPSA) is 55.8 Å². The van der Waals surface area contributed by atoms with E-state index >= 15 is 0 Å². The highest BCUT2D eigenvalue weighted by atomic mass is 35.5. The van der Waals surface area contributed by atoms with Crippen molar-refractivity contribution >= 4 is 28.2 Å². The van der Waals surface area contributed by atoms with E-state index in [1.54, 1.807) is 48.5 Å². The maximum absolute atomic E-state index is 13.1. The Bertz CT molecular complexity index is 1260. The summed E-state index contributed by atoms with van der Waals surface area (Å²) in [5.41, 5.74) is 1.53. The van der Waals surface area contributed by atoms with Crippen molar-refractivity contribution in [3.63, 3.8) is 0 Å². The van der Waals surface area contributed by atoms with Crippen LogP contribution in [0.1, 0.15) is 27.0 Å². The number of benzene rings is 4. The average Bonchev–Trinajstić information content (AvgIpc) is 2.77. The molecule has 29 heavy (non-hydrogen) atoms. The van der Waals surface area contributed by atoms with E-state index in [0.29, 0.717) is 33.0 Å². The number of ketones is 1. The van der Waals surface area contributed by atoms with Crippen LogP contribution >= 0.6 is 11.6 Å². The van der Waals surface area contributed by atoms with Crippen LogP contribution in [0.5, 0.6) is 5.75 Å². The van der Waals surface area contributed by atoms with Gasteiger partial charge in [-0.2, -0.15) is 4.89 Å². The third-order valence-electron chi connectivity index (χ3n) is 5.24. The lowest BCUT2D eigenvalue weighted by molar-refractivity contribution is -0.373. The molecule has 0 saturated heterocycles. The van der Waals surface area contributed by atoms with Crippen LogP contribution in [0.2, 0.25) is 5.02 Å². The first-order valence-corrected chi connectivity index (χ1v) is 9.45. The van der Waals surface area contributed by atoms with E-state index in [4.69, 9.17) is 21.2 Å². The Morgan fingerprint density at radius 1 is 0.793 bits per heavy atom. The molecule has 1 aliphatic carbocycles. The van der Waals surface area contributed by atoms with Gasteiger partial charge in [-0.15, -0.1) is 0 Å². The van der Waals surface area contributed by atoms with Gasteiger partial charge in [0.15, 0.2) is 5.78 Å². The van der Waals surface area contributed by atoms with E-state index < -0.39 is 5.79 Å². The molecule has 4 aromatic rings. The van der Waals surface area contributed by atoms with Gasteiger partial charge in [-0.1, -0.05) is 72.3 Å². The quantitative estimate of drug-likeness (QED) is 0.267. The number of fused-ring (bicyclic) bond motifs is 3. The molecule has 4 aromatic carbocycles. The Morgan fingerprint density at radius 2 is 1.52 bits per heavy atom. The van der Waals surface area contributed by atoms with Crippen molar-refractivity contribution in [2.75, 3.05) is 0 Å². The van der Waals surface area contributed by atoms with Crippen LogP contribution < -0.4 is 4.74 Å². The van der Waals surface area contributed by atoms with E-state index in [1.807, 2.05) is 36.4 Å². The summed E-state index contributed by atoms with van der Waals surface area (Å²) in [6, 6.07) is 25.2. The summed E-state index contributed by atoms with van der Waals surface area (Å²) in [7, 11) is 0. The van der Waals surface area contributed by atoms with Crippen LogP contribution in [0.25, 0.3) is 10.8 Å². The number of hydrogen-bond acceptors (Lipinski definition) is 4. The predicted octanol–water partition coefficient (Wildman–Crippen LogP) is 5.81. The zero-order valence-corrected chi connectivity index (χ0v) is 15.9. The lowest BCUT2D eigenvalue weighted by Crippen LogP contribution is -2.42. The molecule has 142 valence electrons. The van der Waals surface area contributed by atoms with Gasteiger partial charge >= 0.3 is 0 Å². The second-order valence-corrected chi connectivity index (χ2v) is 7.29. The zero-order valence-electron chi connectivity index (χ0n) is 15.1. The van der Waals surface area contributed by atoms with Gasteiger partial charge in [0, 0.05) is 32.7 Å². The fourth-order valence-corrected chi connectivity index (χ4v) is 4.09. The molecule has 0 fully saturated rings. The van der Waals surface area contributed by atoms with Crippen molar-refractivity contribution < 1.29 is 19.7 Å². The molecule has 1 aliphatic rings. The number of halogens is 1. The Morgan fingerprint density at radius 3 is 2.38 bits per heavy atom. The van der Waals surface area contributed by atoms with Crippen LogP contribution in [0.3, 0.4) is 0 Å². The summed E-state index contributed by atoms with van der Waals surface area (Å²) in [5, 5.41) is 12.4. The number of carbonyl (C=O) groups is 1. The molecule has 1 unspecified atom stereocenters. The third-order valence-corrected chi connectivity index (χ3v) is 5.47. The van der Waals surface area contributed by atoms with Crippen molar-refractivity contribution in [1.29, 1.82) is 0 Å².